The smallest absolute Gasteiger partial charge is 0.329 e. The number of fused-ring (bicyclic) bond motifs is 1. The minimum atomic E-state index is -1.25. The van der Waals surface area contributed by atoms with Gasteiger partial charge in [0, 0.05) is 29.7 Å². The number of para-hydroxylation sites is 1. The molecule has 0 unspecified atom stereocenters. The van der Waals surface area contributed by atoms with E-state index in [0.29, 0.717) is 0 Å². The van der Waals surface area contributed by atoms with Crippen molar-refractivity contribution in [2.24, 2.45) is 0 Å². The SMILES string of the molecule is N#Cc1cn([C@@H](Cc2c[nH]c3ccccc23)C(=O)O)c(=O)[nH]c1=O. The second-order valence-electron chi connectivity index (χ2n) is 5.24. The van der Waals surface area contributed by atoms with Crippen molar-refractivity contribution in [2.45, 2.75) is 12.5 Å². The van der Waals surface area contributed by atoms with E-state index in [2.05, 4.69) is 4.98 Å². The van der Waals surface area contributed by atoms with Crippen LogP contribution in [-0.4, -0.2) is 25.6 Å². The van der Waals surface area contributed by atoms with E-state index in [1.807, 2.05) is 29.2 Å². The molecule has 0 radical (unpaired) electrons. The van der Waals surface area contributed by atoms with Crippen molar-refractivity contribution in [3.63, 3.8) is 0 Å². The molecule has 0 bridgehead atoms. The average molecular weight is 324 g/mol. The fraction of sp³-hybridized carbons (Fsp3) is 0.125. The first-order valence-corrected chi connectivity index (χ1v) is 7.04. The molecular formula is C16H12N4O4. The number of carboxylic acids is 1. The molecule has 0 saturated carbocycles. The third kappa shape index (κ3) is 2.59. The van der Waals surface area contributed by atoms with Gasteiger partial charge in [-0.05, 0) is 11.6 Å². The van der Waals surface area contributed by atoms with Crippen LogP contribution in [0.1, 0.15) is 17.2 Å². The lowest BCUT2D eigenvalue weighted by atomic mass is 10.0. The van der Waals surface area contributed by atoms with Crippen LogP contribution < -0.4 is 11.2 Å². The summed E-state index contributed by atoms with van der Waals surface area (Å²) in [6, 6.07) is 7.77. The van der Waals surface area contributed by atoms with Crippen LogP contribution in [0.4, 0.5) is 0 Å². The molecule has 0 saturated heterocycles. The maximum Gasteiger partial charge on any atom is 0.329 e. The number of nitrogens with zero attached hydrogens (tertiary/aromatic N) is 2. The summed E-state index contributed by atoms with van der Waals surface area (Å²) in [5.41, 5.74) is -0.459. The monoisotopic (exact) mass is 324 g/mol. The van der Waals surface area contributed by atoms with Crippen molar-refractivity contribution < 1.29 is 9.90 Å². The molecule has 8 heteroatoms. The van der Waals surface area contributed by atoms with Gasteiger partial charge in [0.05, 0.1) is 0 Å². The van der Waals surface area contributed by atoms with Crippen LogP contribution in [0, 0.1) is 11.3 Å². The van der Waals surface area contributed by atoms with Crippen molar-refractivity contribution in [2.75, 3.05) is 0 Å². The van der Waals surface area contributed by atoms with Crippen LogP contribution in [-0.2, 0) is 11.2 Å². The van der Waals surface area contributed by atoms with Gasteiger partial charge in [0.25, 0.3) is 5.56 Å². The second-order valence-corrected chi connectivity index (χ2v) is 5.24. The van der Waals surface area contributed by atoms with Gasteiger partial charge in [-0.1, -0.05) is 18.2 Å². The number of aromatic nitrogens is 3. The van der Waals surface area contributed by atoms with Crippen molar-refractivity contribution in [3.8, 4) is 6.07 Å². The Bertz CT molecular complexity index is 1080. The normalized spacial score (nSPS) is 12.0. The molecule has 0 aliphatic carbocycles. The highest BCUT2D eigenvalue weighted by Crippen LogP contribution is 2.22. The van der Waals surface area contributed by atoms with Crippen molar-refractivity contribution in [1.82, 2.24) is 14.5 Å². The van der Waals surface area contributed by atoms with E-state index in [4.69, 9.17) is 5.26 Å². The molecular weight excluding hydrogens is 312 g/mol. The largest absolute Gasteiger partial charge is 0.480 e. The third-order valence-corrected chi connectivity index (χ3v) is 3.80. The summed E-state index contributed by atoms with van der Waals surface area (Å²) in [6.45, 7) is 0. The molecule has 120 valence electrons. The molecule has 3 N–H and O–H groups in total. The lowest BCUT2D eigenvalue weighted by molar-refractivity contribution is -0.141. The second kappa shape index (κ2) is 5.89. The van der Waals surface area contributed by atoms with Crippen LogP contribution in [0.3, 0.4) is 0 Å². The van der Waals surface area contributed by atoms with E-state index < -0.39 is 23.3 Å². The number of rotatable bonds is 4. The van der Waals surface area contributed by atoms with Gasteiger partial charge in [-0.15, -0.1) is 0 Å². The Labute approximate surface area is 134 Å². The molecule has 0 aliphatic heterocycles. The topological polar surface area (TPSA) is 132 Å². The zero-order valence-electron chi connectivity index (χ0n) is 12.3. The minimum Gasteiger partial charge on any atom is -0.480 e. The molecule has 1 aromatic carbocycles. The number of benzene rings is 1. The van der Waals surface area contributed by atoms with Gasteiger partial charge in [0.15, 0.2) is 0 Å². The number of nitrogens with one attached hydrogen (secondary N) is 2. The summed E-state index contributed by atoms with van der Waals surface area (Å²) in [5.74, 6) is -1.24. The Balaban J connectivity index is 2.09. The molecule has 0 aliphatic rings. The van der Waals surface area contributed by atoms with E-state index in [9.17, 15) is 19.5 Å². The Morgan fingerprint density at radius 2 is 2.08 bits per heavy atom. The summed E-state index contributed by atoms with van der Waals surface area (Å²) in [6.07, 6.45) is 2.69. The summed E-state index contributed by atoms with van der Waals surface area (Å²) >= 11 is 0. The molecule has 2 heterocycles. The van der Waals surface area contributed by atoms with Gasteiger partial charge in [0.1, 0.15) is 17.7 Å². The highest BCUT2D eigenvalue weighted by atomic mass is 16.4. The van der Waals surface area contributed by atoms with Crippen LogP contribution in [0.5, 0.6) is 0 Å². The lowest BCUT2D eigenvalue weighted by Crippen LogP contribution is -2.37. The zero-order valence-corrected chi connectivity index (χ0v) is 12.3. The molecule has 0 amide bonds. The van der Waals surface area contributed by atoms with Gasteiger partial charge in [-0.2, -0.15) is 5.26 Å². The molecule has 0 spiro atoms. The van der Waals surface area contributed by atoms with Gasteiger partial charge in [0.2, 0.25) is 0 Å². The Hall–Kier alpha value is -3.60. The molecule has 3 aromatic rings. The summed E-state index contributed by atoms with van der Waals surface area (Å²) < 4.78 is 0.865. The summed E-state index contributed by atoms with van der Waals surface area (Å²) in [7, 11) is 0. The molecule has 8 nitrogen and oxygen atoms in total. The fourth-order valence-corrected chi connectivity index (χ4v) is 2.61. The molecule has 24 heavy (non-hydrogen) atoms. The zero-order chi connectivity index (χ0) is 17.3. The first kappa shape index (κ1) is 15.3. The maximum absolute atomic E-state index is 12.0. The van der Waals surface area contributed by atoms with Crippen LogP contribution >= 0.6 is 0 Å². The quantitative estimate of drug-likeness (QED) is 0.652. The Morgan fingerprint density at radius 1 is 1.33 bits per heavy atom. The van der Waals surface area contributed by atoms with Crippen molar-refractivity contribution in [3.05, 3.63) is 68.6 Å². The van der Waals surface area contributed by atoms with E-state index in [-0.39, 0.29) is 12.0 Å². The van der Waals surface area contributed by atoms with E-state index in [0.717, 1.165) is 27.2 Å². The minimum absolute atomic E-state index is 0.0240. The maximum atomic E-state index is 12.0. The summed E-state index contributed by atoms with van der Waals surface area (Å²) in [4.78, 5) is 40.1. The van der Waals surface area contributed by atoms with Gasteiger partial charge in [-0.3, -0.25) is 14.3 Å². The average Bonchev–Trinajstić information content (AvgIpc) is 2.96. The first-order chi connectivity index (χ1) is 11.5. The molecule has 2 aromatic heterocycles. The number of aromatic amines is 2. The number of carbonyl (C=O) groups is 1. The molecule has 0 fully saturated rings. The first-order valence-electron chi connectivity index (χ1n) is 7.04. The predicted molar refractivity (Wildman–Crippen MR) is 84.7 cm³/mol. The fourth-order valence-electron chi connectivity index (χ4n) is 2.61. The van der Waals surface area contributed by atoms with Crippen molar-refractivity contribution in [1.29, 1.82) is 5.26 Å². The van der Waals surface area contributed by atoms with Gasteiger partial charge in [-0.25, -0.2) is 9.59 Å². The van der Waals surface area contributed by atoms with Gasteiger partial charge < -0.3 is 10.1 Å². The lowest BCUT2D eigenvalue weighted by Gasteiger charge is -2.15. The number of carboxylic acid groups (broad SMARTS) is 1. The standard InChI is InChI=1S/C16H12N4O4/c17-6-10-8-20(16(24)19-14(10)21)13(15(22)23)5-9-7-18-12-4-2-1-3-11(9)12/h1-4,7-8,13,18H,5H2,(H,22,23)(H,19,21,24)/t13-/m0/s1. The number of aliphatic carboxylic acids is 1. The van der Waals surface area contributed by atoms with E-state index in [1.54, 1.807) is 12.3 Å². The van der Waals surface area contributed by atoms with Crippen molar-refractivity contribution >= 4 is 16.9 Å². The highest BCUT2D eigenvalue weighted by molar-refractivity contribution is 5.84. The Morgan fingerprint density at radius 3 is 2.79 bits per heavy atom. The number of hydrogen-bond donors (Lipinski definition) is 3. The molecule has 3 rings (SSSR count). The number of H-pyrrole nitrogens is 2. The van der Waals surface area contributed by atoms with E-state index >= 15 is 0 Å². The predicted octanol–water partition coefficient (Wildman–Crippen LogP) is 0.758. The third-order valence-electron chi connectivity index (χ3n) is 3.80. The Kier molecular flexibility index (Phi) is 3.75. The van der Waals surface area contributed by atoms with Crippen LogP contribution in [0.25, 0.3) is 10.9 Å². The van der Waals surface area contributed by atoms with Crippen LogP contribution in [0.2, 0.25) is 0 Å². The highest BCUT2D eigenvalue weighted by Gasteiger charge is 2.23. The van der Waals surface area contributed by atoms with Gasteiger partial charge >= 0.3 is 11.7 Å². The number of nitriles is 1. The van der Waals surface area contributed by atoms with E-state index in [1.165, 1.54) is 0 Å². The molecule has 1 atom stereocenters. The number of hydrogen-bond acceptors (Lipinski definition) is 4. The van der Waals surface area contributed by atoms with Crippen LogP contribution in [0.15, 0.2) is 46.2 Å². The summed E-state index contributed by atoms with van der Waals surface area (Å²) in [5, 5.41) is 19.3.